The fourth-order valence-corrected chi connectivity index (χ4v) is 0.994. The van der Waals surface area contributed by atoms with Gasteiger partial charge in [-0.1, -0.05) is 0 Å². The molecule has 6 N–H and O–H groups in total. The standard InChI is InChI=1S/C9H10N2O2.CH6N2/c1-13-8-3-2-6(9(10)11)4-7(8)5-12;1-3-2/h2-5H,1H3,(H3,10,11);3H,2H2,1H3. The molecule has 0 aliphatic rings. The number of ether oxygens (including phenoxy) is 1. The second-order valence-electron chi connectivity index (χ2n) is 2.78. The van der Waals surface area contributed by atoms with E-state index in [0.29, 0.717) is 23.2 Å². The van der Waals surface area contributed by atoms with E-state index in [-0.39, 0.29) is 5.84 Å². The van der Waals surface area contributed by atoms with Gasteiger partial charge in [-0.2, -0.15) is 0 Å². The van der Waals surface area contributed by atoms with E-state index in [0.717, 1.165) is 0 Å². The highest BCUT2D eigenvalue weighted by atomic mass is 16.5. The minimum Gasteiger partial charge on any atom is -0.496 e. The fraction of sp³-hybridized carbons (Fsp3) is 0.200. The number of rotatable bonds is 3. The Labute approximate surface area is 94.1 Å². The second-order valence-corrected chi connectivity index (χ2v) is 2.78. The molecule has 0 amide bonds. The average molecular weight is 224 g/mol. The first-order valence-electron chi connectivity index (χ1n) is 4.45. The molecule has 6 heteroatoms. The summed E-state index contributed by atoms with van der Waals surface area (Å²) in [7, 11) is 3.13. The Hall–Kier alpha value is -1.92. The third-order valence-electron chi connectivity index (χ3n) is 1.67. The third-order valence-corrected chi connectivity index (χ3v) is 1.67. The summed E-state index contributed by atoms with van der Waals surface area (Å²) in [5.74, 6) is 5.02. The molecule has 0 saturated heterocycles. The van der Waals surface area contributed by atoms with E-state index in [1.807, 2.05) is 0 Å². The maximum Gasteiger partial charge on any atom is 0.153 e. The number of hydrogen-bond donors (Lipinski definition) is 4. The maximum atomic E-state index is 10.6. The number of benzene rings is 1. The summed E-state index contributed by atoms with van der Waals surface area (Å²) in [6.07, 6.45) is 0.672. The second kappa shape index (κ2) is 7.38. The minimum absolute atomic E-state index is 0.0641. The van der Waals surface area contributed by atoms with Gasteiger partial charge in [-0.25, -0.2) is 0 Å². The van der Waals surface area contributed by atoms with Gasteiger partial charge in [0.1, 0.15) is 11.6 Å². The molecule has 88 valence electrons. The van der Waals surface area contributed by atoms with E-state index >= 15 is 0 Å². The van der Waals surface area contributed by atoms with Crippen LogP contribution in [0.2, 0.25) is 0 Å². The van der Waals surface area contributed by atoms with Gasteiger partial charge in [-0.05, 0) is 25.2 Å². The SMILES string of the molecule is CNN.COc1ccc(C(=N)N)cc1C=O. The van der Waals surface area contributed by atoms with E-state index in [2.05, 4.69) is 11.3 Å². The number of aldehydes is 1. The Morgan fingerprint density at radius 3 is 2.50 bits per heavy atom. The van der Waals surface area contributed by atoms with Crippen molar-refractivity contribution in [2.75, 3.05) is 14.2 Å². The zero-order valence-electron chi connectivity index (χ0n) is 9.28. The van der Waals surface area contributed by atoms with Gasteiger partial charge in [0, 0.05) is 5.56 Å². The Bertz CT molecular complexity index is 366. The largest absolute Gasteiger partial charge is 0.496 e. The monoisotopic (exact) mass is 224 g/mol. The number of hydrazine groups is 1. The van der Waals surface area contributed by atoms with Crippen molar-refractivity contribution in [2.45, 2.75) is 0 Å². The molecule has 0 aliphatic carbocycles. The third kappa shape index (κ3) is 4.07. The molecule has 0 aliphatic heterocycles. The molecule has 1 aromatic rings. The topological polar surface area (TPSA) is 114 Å². The van der Waals surface area contributed by atoms with Crippen molar-refractivity contribution in [3.05, 3.63) is 29.3 Å². The van der Waals surface area contributed by atoms with Gasteiger partial charge >= 0.3 is 0 Å². The molecule has 0 fully saturated rings. The molecule has 0 bridgehead atoms. The zero-order chi connectivity index (χ0) is 12.6. The first-order chi connectivity index (χ1) is 7.60. The van der Waals surface area contributed by atoms with Crippen molar-refractivity contribution in [2.24, 2.45) is 11.6 Å². The zero-order valence-corrected chi connectivity index (χ0v) is 9.28. The molecule has 1 aromatic carbocycles. The fourth-order valence-electron chi connectivity index (χ4n) is 0.994. The molecule has 16 heavy (non-hydrogen) atoms. The summed E-state index contributed by atoms with van der Waals surface area (Å²) in [5, 5.41) is 7.16. The van der Waals surface area contributed by atoms with Gasteiger partial charge in [0.25, 0.3) is 0 Å². The highest BCUT2D eigenvalue weighted by Crippen LogP contribution is 2.17. The highest BCUT2D eigenvalue weighted by molar-refractivity contribution is 5.97. The smallest absolute Gasteiger partial charge is 0.153 e. The number of nitrogens with two attached hydrogens (primary N) is 2. The van der Waals surface area contributed by atoms with Gasteiger partial charge < -0.3 is 10.5 Å². The van der Waals surface area contributed by atoms with Crippen molar-refractivity contribution in [3.8, 4) is 5.75 Å². The van der Waals surface area contributed by atoms with Crippen LogP contribution in [0.4, 0.5) is 0 Å². The van der Waals surface area contributed by atoms with Gasteiger partial charge in [0.2, 0.25) is 0 Å². The Morgan fingerprint density at radius 2 is 2.12 bits per heavy atom. The van der Waals surface area contributed by atoms with Crippen LogP contribution in [0.25, 0.3) is 0 Å². The molecule has 0 radical (unpaired) electrons. The van der Waals surface area contributed by atoms with Gasteiger partial charge in [-0.3, -0.25) is 21.5 Å². The lowest BCUT2D eigenvalue weighted by atomic mass is 10.1. The molecule has 6 nitrogen and oxygen atoms in total. The number of methoxy groups -OCH3 is 1. The molecule has 0 spiro atoms. The Morgan fingerprint density at radius 1 is 1.56 bits per heavy atom. The quantitative estimate of drug-likeness (QED) is 0.188. The highest BCUT2D eigenvalue weighted by Gasteiger charge is 2.04. The number of nitrogens with one attached hydrogen (secondary N) is 2. The van der Waals surface area contributed by atoms with E-state index < -0.39 is 0 Å². The number of carbonyl (C=O) groups is 1. The van der Waals surface area contributed by atoms with Crippen LogP contribution in [0.1, 0.15) is 15.9 Å². The number of nitrogen functional groups attached to an aromatic ring is 1. The number of amidine groups is 1. The lowest BCUT2D eigenvalue weighted by Crippen LogP contribution is -2.13. The first-order valence-corrected chi connectivity index (χ1v) is 4.45. The van der Waals surface area contributed by atoms with Crippen LogP contribution in [0.3, 0.4) is 0 Å². The Kier molecular flexibility index (Phi) is 6.50. The molecule has 0 saturated carbocycles. The number of carbonyl (C=O) groups excluding carboxylic acids is 1. The summed E-state index contributed by atoms with van der Waals surface area (Å²) in [6, 6.07) is 4.77. The maximum absolute atomic E-state index is 10.6. The molecular formula is C10H16N4O2. The van der Waals surface area contributed by atoms with Crippen molar-refractivity contribution in [3.63, 3.8) is 0 Å². The van der Waals surface area contributed by atoms with Gasteiger partial charge in [0.15, 0.2) is 6.29 Å². The van der Waals surface area contributed by atoms with Gasteiger partial charge in [0.05, 0.1) is 12.7 Å². The summed E-state index contributed by atoms with van der Waals surface area (Å²) in [5.41, 5.74) is 8.42. The van der Waals surface area contributed by atoms with E-state index in [1.54, 1.807) is 19.2 Å². The van der Waals surface area contributed by atoms with Crippen LogP contribution >= 0.6 is 0 Å². The first kappa shape index (κ1) is 14.1. The van der Waals surface area contributed by atoms with E-state index in [9.17, 15) is 4.79 Å². The summed E-state index contributed by atoms with van der Waals surface area (Å²) >= 11 is 0. The predicted octanol–water partition coefficient (Wildman–Crippen LogP) is -0.129. The summed E-state index contributed by atoms with van der Waals surface area (Å²) in [4.78, 5) is 10.6. The minimum atomic E-state index is -0.0641. The lowest BCUT2D eigenvalue weighted by Gasteiger charge is -2.04. The van der Waals surface area contributed by atoms with Crippen molar-refractivity contribution in [1.82, 2.24) is 5.43 Å². The van der Waals surface area contributed by atoms with Crippen molar-refractivity contribution in [1.29, 1.82) is 5.41 Å². The number of hydrogen-bond acceptors (Lipinski definition) is 5. The molecule has 1 rings (SSSR count). The normalized spacial score (nSPS) is 8.69. The van der Waals surface area contributed by atoms with E-state index in [1.165, 1.54) is 13.2 Å². The summed E-state index contributed by atoms with van der Waals surface area (Å²) < 4.78 is 4.93. The van der Waals surface area contributed by atoms with Gasteiger partial charge in [-0.15, -0.1) is 0 Å². The van der Waals surface area contributed by atoms with Crippen LogP contribution in [-0.4, -0.2) is 26.3 Å². The Balaban J connectivity index is 0.000000673. The van der Waals surface area contributed by atoms with Crippen LogP contribution in [-0.2, 0) is 0 Å². The lowest BCUT2D eigenvalue weighted by molar-refractivity contribution is 0.112. The molecule has 0 atom stereocenters. The summed E-state index contributed by atoms with van der Waals surface area (Å²) in [6.45, 7) is 0. The molecular weight excluding hydrogens is 208 g/mol. The van der Waals surface area contributed by atoms with Crippen LogP contribution in [0.15, 0.2) is 18.2 Å². The van der Waals surface area contributed by atoms with Crippen LogP contribution < -0.4 is 21.7 Å². The average Bonchev–Trinajstić information content (AvgIpc) is 2.29. The van der Waals surface area contributed by atoms with Crippen LogP contribution in [0.5, 0.6) is 5.75 Å². The molecule has 0 unspecified atom stereocenters. The van der Waals surface area contributed by atoms with Crippen molar-refractivity contribution < 1.29 is 9.53 Å². The predicted molar refractivity (Wildman–Crippen MR) is 62.6 cm³/mol. The van der Waals surface area contributed by atoms with Crippen LogP contribution in [0, 0.1) is 5.41 Å². The molecule has 0 heterocycles. The van der Waals surface area contributed by atoms with E-state index in [4.69, 9.17) is 15.9 Å². The molecule has 0 aromatic heterocycles. The van der Waals surface area contributed by atoms with Crippen molar-refractivity contribution >= 4 is 12.1 Å².